The Morgan fingerprint density at radius 2 is 2.06 bits per heavy atom. The van der Waals surface area contributed by atoms with Gasteiger partial charge in [-0.3, -0.25) is 9.79 Å². The molecule has 0 saturated heterocycles. The van der Waals surface area contributed by atoms with Gasteiger partial charge in [0, 0.05) is 43.2 Å². The van der Waals surface area contributed by atoms with Crippen LogP contribution in [0.25, 0.3) is 0 Å². The van der Waals surface area contributed by atoms with Crippen molar-refractivity contribution >= 4 is 12.0 Å². The summed E-state index contributed by atoms with van der Waals surface area (Å²) in [5.41, 5.74) is 2.36. The van der Waals surface area contributed by atoms with Crippen LogP contribution >= 0.6 is 0 Å². The lowest BCUT2D eigenvalue weighted by Crippen LogP contribution is -2.11. The van der Waals surface area contributed by atoms with Gasteiger partial charge in [-0.2, -0.15) is 0 Å². The summed E-state index contributed by atoms with van der Waals surface area (Å²) in [5, 5.41) is 0. The standard InChI is InChI=1S/C13H14N2O/c1-15(2)9-11-8-14-7-10-5-3-4-6-12(10)13(11)16/h3-7,9H,8H2,1-2H3. The Labute approximate surface area is 95.1 Å². The van der Waals surface area contributed by atoms with Gasteiger partial charge in [-0.15, -0.1) is 0 Å². The molecule has 3 nitrogen and oxygen atoms in total. The quantitative estimate of drug-likeness (QED) is 0.667. The summed E-state index contributed by atoms with van der Waals surface area (Å²) in [6.45, 7) is 0.450. The van der Waals surface area contributed by atoms with Crippen LogP contribution in [-0.2, 0) is 0 Å². The van der Waals surface area contributed by atoms with Crippen LogP contribution < -0.4 is 0 Å². The zero-order valence-electron chi connectivity index (χ0n) is 9.47. The first-order chi connectivity index (χ1) is 7.68. The molecule has 0 atom stereocenters. The summed E-state index contributed by atoms with van der Waals surface area (Å²) in [7, 11) is 3.81. The van der Waals surface area contributed by atoms with Crippen molar-refractivity contribution in [1.29, 1.82) is 0 Å². The second-order valence-electron chi connectivity index (χ2n) is 4.00. The highest BCUT2D eigenvalue weighted by atomic mass is 16.1. The monoisotopic (exact) mass is 214 g/mol. The number of hydrogen-bond donors (Lipinski definition) is 0. The maximum atomic E-state index is 12.2. The second kappa shape index (κ2) is 4.31. The van der Waals surface area contributed by atoms with Crippen LogP contribution in [0.5, 0.6) is 0 Å². The van der Waals surface area contributed by atoms with Gasteiger partial charge in [0.05, 0.1) is 6.54 Å². The van der Waals surface area contributed by atoms with Crippen LogP contribution in [0.4, 0.5) is 0 Å². The highest BCUT2D eigenvalue weighted by Gasteiger charge is 2.17. The first kappa shape index (κ1) is 10.6. The highest BCUT2D eigenvalue weighted by molar-refractivity contribution is 6.14. The largest absolute Gasteiger partial charge is 0.383 e. The van der Waals surface area contributed by atoms with Crippen molar-refractivity contribution in [2.24, 2.45) is 4.99 Å². The zero-order valence-corrected chi connectivity index (χ0v) is 9.47. The number of aliphatic imine (C=N–C) groups is 1. The second-order valence-corrected chi connectivity index (χ2v) is 4.00. The molecule has 16 heavy (non-hydrogen) atoms. The number of ketones is 1. The minimum atomic E-state index is 0.0711. The lowest BCUT2D eigenvalue weighted by Gasteiger charge is -2.08. The predicted molar refractivity (Wildman–Crippen MR) is 65.0 cm³/mol. The van der Waals surface area contributed by atoms with Crippen molar-refractivity contribution in [2.45, 2.75) is 0 Å². The maximum Gasteiger partial charge on any atom is 0.192 e. The van der Waals surface area contributed by atoms with E-state index in [1.165, 1.54) is 0 Å². The van der Waals surface area contributed by atoms with E-state index in [0.717, 1.165) is 16.7 Å². The van der Waals surface area contributed by atoms with Gasteiger partial charge in [0.15, 0.2) is 5.78 Å². The van der Waals surface area contributed by atoms with E-state index in [4.69, 9.17) is 0 Å². The minimum Gasteiger partial charge on any atom is -0.383 e. The van der Waals surface area contributed by atoms with Gasteiger partial charge in [0.2, 0.25) is 0 Å². The fraction of sp³-hybridized carbons (Fsp3) is 0.231. The molecule has 0 fully saturated rings. The van der Waals surface area contributed by atoms with Gasteiger partial charge < -0.3 is 4.90 Å². The molecule has 1 aromatic carbocycles. The van der Waals surface area contributed by atoms with E-state index in [9.17, 15) is 4.79 Å². The molecular formula is C13H14N2O. The van der Waals surface area contributed by atoms with E-state index in [1.54, 1.807) is 6.21 Å². The van der Waals surface area contributed by atoms with Crippen LogP contribution in [0.3, 0.4) is 0 Å². The van der Waals surface area contributed by atoms with E-state index < -0.39 is 0 Å². The molecule has 3 heteroatoms. The Morgan fingerprint density at radius 1 is 1.31 bits per heavy atom. The molecule has 0 unspecified atom stereocenters. The van der Waals surface area contributed by atoms with Crippen LogP contribution in [0.2, 0.25) is 0 Å². The molecule has 0 spiro atoms. The van der Waals surface area contributed by atoms with Crippen molar-refractivity contribution in [3.05, 3.63) is 47.2 Å². The number of benzene rings is 1. The first-order valence-electron chi connectivity index (χ1n) is 5.19. The van der Waals surface area contributed by atoms with Crippen LogP contribution in [0.15, 0.2) is 41.0 Å². The molecule has 0 radical (unpaired) electrons. The Balaban J connectivity index is 2.47. The van der Waals surface area contributed by atoms with Crippen molar-refractivity contribution in [2.75, 3.05) is 20.6 Å². The molecule has 0 saturated carbocycles. The molecular weight excluding hydrogens is 200 g/mol. The average Bonchev–Trinajstić information content (AvgIpc) is 2.40. The molecule has 2 rings (SSSR count). The molecule has 1 aliphatic heterocycles. The van der Waals surface area contributed by atoms with E-state index in [2.05, 4.69) is 4.99 Å². The summed E-state index contributed by atoms with van der Waals surface area (Å²) in [5.74, 6) is 0.0711. The number of fused-ring (bicyclic) bond motifs is 1. The van der Waals surface area contributed by atoms with E-state index in [0.29, 0.717) is 6.54 Å². The van der Waals surface area contributed by atoms with E-state index in [1.807, 2.05) is 49.5 Å². The smallest absolute Gasteiger partial charge is 0.192 e. The summed E-state index contributed by atoms with van der Waals surface area (Å²) in [4.78, 5) is 18.3. The SMILES string of the molecule is CN(C)C=C1CN=Cc2ccccc2C1=O. The lowest BCUT2D eigenvalue weighted by atomic mass is 10.0. The average molecular weight is 214 g/mol. The minimum absolute atomic E-state index is 0.0711. The lowest BCUT2D eigenvalue weighted by molar-refractivity contribution is 0.103. The van der Waals surface area contributed by atoms with Gasteiger partial charge in [0.1, 0.15) is 0 Å². The van der Waals surface area contributed by atoms with Crippen LogP contribution in [0, 0.1) is 0 Å². The third kappa shape index (κ3) is 2.03. The van der Waals surface area contributed by atoms with E-state index >= 15 is 0 Å². The Bertz CT molecular complexity index is 473. The normalized spacial score (nSPS) is 17.1. The number of hydrogen-bond acceptors (Lipinski definition) is 3. The first-order valence-corrected chi connectivity index (χ1v) is 5.19. The topological polar surface area (TPSA) is 32.7 Å². The van der Waals surface area contributed by atoms with Gasteiger partial charge in [-0.25, -0.2) is 0 Å². The molecule has 0 N–H and O–H groups in total. The molecule has 0 bridgehead atoms. The van der Waals surface area contributed by atoms with E-state index in [-0.39, 0.29) is 5.78 Å². The van der Waals surface area contributed by atoms with Gasteiger partial charge in [-0.1, -0.05) is 24.3 Å². The van der Waals surface area contributed by atoms with Crippen LogP contribution in [0.1, 0.15) is 15.9 Å². The van der Waals surface area contributed by atoms with Crippen molar-refractivity contribution in [3.63, 3.8) is 0 Å². The van der Waals surface area contributed by atoms with Gasteiger partial charge >= 0.3 is 0 Å². The summed E-state index contributed by atoms with van der Waals surface area (Å²) >= 11 is 0. The van der Waals surface area contributed by atoms with Crippen LogP contribution in [-0.4, -0.2) is 37.5 Å². The van der Waals surface area contributed by atoms with Gasteiger partial charge in [-0.05, 0) is 0 Å². The van der Waals surface area contributed by atoms with Crippen molar-refractivity contribution < 1.29 is 4.79 Å². The fourth-order valence-electron chi connectivity index (χ4n) is 1.71. The summed E-state index contributed by atoms with van der Waals surface area (Å²) in [6.07, 6.45) is 3.60. The molecule has 0 aromatic heterocycles. The predicted octanol–water partition coefficient (Wildman–Crippen LogP) is 1.75. The Kier molecular flexibility index (Phi) is 2.86. The number of nitrogens with zero attached hydrogens (tertiary/aromatic N) is 2. The number of carbonyl (C=O) groups is 1. The molecule has 1 heterocycles. The van der Waals surface area contributed by atoms with Gasteiger partial charge in [0.25, 0.3) is 0 Å². The molecule has 0 amide bonds. The molecule has 1 aromatic rings. The third-order valence-corrected chi connectivity index (χ3v) is 2.40. The highest BCUT2D eigenvalue weighted by Crippen LogP contribution is 2.16. The molecule has 0 aliphatic carbocycles. The zero-order chi connectivity index (χ0) is 11.5. The van der Waals surface area contributed by atoms with Crippen molar-refractivity contribution in [1.82, 2.24) is 4.90 Å². The maximum absolute atomic E-state index is 12.2. The Hall–Kier alpha value is -1.90. The number of rotatable bonds is 1. The number of Topliss-reactive ketones (excluding diaryl/α,β-unsaturated/α-hetero) is 1. The third-order valence-electron chi connectivity index (χ3n) is 2.40. The summed E-state index contributed by atoms with van der Waals surface area (Å²) in [6, 6.07) is 7.55. The molecule has 82 valence electrons. The summed E-state index contributed by atoms with van der Waals surface area (Å²) < 4.78 is 0. The molecule has 1 aliphatic rings. The Morgan fingerprint density at radius 3 is 2.81 bits per heavy atom. The van der Waals surface area contributed by atoms with Crippen molar-refractivity contribution in [3.8, 4) is 0 Å². The fourth-order valence-corrected chi connectivity index (χ4v) is 1.71. The number of carbonyl (C=O) groups excluding carboxylic acids is 1.